The van der Waals surface area contributed by atoms with Crippen molar-refractivity contribution in [1.82, 2.24) is 4.57 Å². The first-order valence-electron chi connectivity index (χ1n) is 11.6. The van der Waals surface area contributed by atoms with Crippen molar-refractivity contribution in [3.63, 3.8) is 0 Å². The first-order valence-corrected chi connectivity index (χ1v) is 11.6. The number of nitrogens with one attached hydrogen (secondary N) is 1. The van der Waals surface area contributed by atoms with Crippen LogP contribution in [0.15, 0.2) is 77.6 Å². The van der Waals surface area contributed by atoms with E-state index in [-0.39, 0.29) is 17.7 Å². The van der Waals surface area contributed by atoms with Gasteiger partial charge in [-0.25, -0.2) is 4.79 Å². The summed E-state index contributed by atoms with van der Waals surface area (Å²) in [4.78, 5) is 39.7. The van der Waals surface area contributed by atoms with Gasteiger partial charge < -0.3 is 14.6 Å². The molecule has 4 aromatic rings. The van der Waals surface area contributed by atoms with Crippen LogP contribution in [0.3, 0.4) is 0 Å². The zero-order valence-corrected chi connectivity index (χ0v) is 20.3. The molecule has 35 heavy (non-hydrogen) atoms. The predicted molar refractivity (Wildman–Crippen MR) is 139 cm³/mol. The number of ether oxygens (including phenoxy) is 1. The van der Waals surface area contributed by atoms with Crippen molar-refractivity contribution < 1.29 is 14.3 Å². The number of aromatic nitrogens is 1. The quantitative estimate of drug-likeness (QED) is 0.385. The van der Waals surface area contributed by atoms with Gasteiger partial charge in [-0.2, -0.15) is 0 Å². The third kappa shape index (κ3) is 4.73. The van der Waals surface area contributed by atoms with Crippen LogP contribution in [0.2, 0.25) is 0 Å². The molecule has 3 aromatic carbocycles. The molecule has 1 heterocycles. The van der Waals surface area contributed by atoms with E-state index in [2.05, 4.69) is 5.32 Å². The number of amides is 1. The van der Waals surface area contributed by atoms with Crippen molar-refractivity contribution in [3.8, 4) is 11.1 Å². The number of esters is 1. The molecule has 6 heteroatoms. The number of fused-ring (bicyclic) bond motifs is 1. The lowest BCUT2D eigenvalue weighted by Crippen LogP contribution is -2.34. The molecular weight excluding hydrogens is 440 g/mol. The number of hydrogen-bond acceptors (Lipinski definition) is 4. The topological polar surface area (TPSA) is 77.4 Å². The van der Waals surface area contributed by atoms with Gasteiger partial charge in [0.2, 0.25) is 0 Å². The predicted octanol–water partition coefficient (Wildman–Crippen LogP) is 5.40. The molecule has 0 aliphatic heterocycles. The van der Waals surface area contributed by atoms with Crippen LogP contribution in [-0.2, 0) is 16.6 Å². The van der Waals surface area contributed by atoms with Gasteiger partial charge in [-0.1, -0.05) is 67.6 Å². The van der Waals surface area contributed by atoms with E-state index in [4.69, 9.17) is 4.74 Å². The van der Waals surface area contributed by atoms with Crippen LogP contribution in [0.1, 0.15) is 35.0 Å². The summed E-state index contributed by atoms with van der Waals surface area (Å²) in [5, 5.41) is 4.04. The van der Waals surface area contributed by atoms with E-state index in [0.29, 0.717) is 22.0 Å². The Balaban J connectivity index is 1.75. The summed E-state index contributed by atoms with van der Waals surface area (Å²) in [6, 6.07) is 22.3. The molecule has 1 amide bonds. The number of carbonyl (C=O) groups excluding carboxylic acids is 2. The molecule has 0 aliphatic carbocycles. The lowest BCUT2D eigenvalue weighted by atomic mass is 9.97. The van der Waals surface area contributed by atoms with Crippen LogP contribution in [-0.4, -0.2) is 22.5 Å². The van der Waals surface area contributed by atoms with E-state index in [1.165, 1.54) is 4.57 Å². The van der Waals surface area contributed by atoms with E-state index in [9.17, 15) is 14.4 Å². The number of aryl methyl sites for hydroxylation is 2. The van der Waals surface area contributed by atoms with Gasteiger partial charge in [0.25, 0.3) is 11.5 Å². The monoisotopic (exact) mass is 468 g/mol. The van der Waals surface area contributed by atoms with Gasteiger partial charge in [0.1, 0.15) is 5.69 Å². The number of benzene rings is 3. The number of nitrogens with zero attached hydrogens (tertiary/aromatic N) is 1. The van der Waals surface area contributed by atoms with Gasteiger partial charge in [0.05, 0.1) is 0 Å². The maximum absolute atomic E-state index is 13.5. The molecule has 0 bridgehead atoms. The summed E-state index contributed by atoms with van der Waals surface area (Å²) >= 11 is 0. The van der Waals surface area contributed by atoms with Gasteiger partial charge in [-0.05, 0) is 54.5 Å². The maximum Gasteiger partial charge on any atom is 0.356 e. The van der Waals surface area contributed by atoms with Crippen molar-refractivity contribution >= 4 is 28.3 Å². The van der Waals surface area contributed by atoms with Gasteiger partial charge >= 0.3 is 5.97 Å². The Bertz CT molecular complexity index is 1470. The summed E-state index contributed by atoms with van der Waals surface area (Å²) in [5.41, 5.74) is 3.77. The molecule has 6 nitrogen and oxygen atoms in total. The highest BCUT2D eigenvalue weighted by molar-refractivity contribution is 6.07. The van der Waals surface area contributed by atoms with E-state index in [1.807, 2.05) is 74.5 Å². The summed E-state index contributed by atoms with van der Waals surface area (Å²) in [6.45, 7) is 5.62. The average molecular weight is 469 g/mol. The second-order valence-electron chi connectivity index (χ2n) is 8.61. The molecule has 0 spiro atoms. The molecule has 0 saturated carbocycles. The van der Waals surface area contributed by atoms with Crippen LogP contribution in [0.5, 0.6) is 0 Å². The Morgan fingerprint density at radius 2 is 1.60 bits per heavy atom. The minimum atomic E-state index is -1.02. The summed E-state index contributed by atoms with van der Waals surface area (Å²) in [5.74, 6) is -1.14. The van der Waals surface area contributed by atoms with Crippen molar-refractivity contribution in [3.05, 3.63) is 100.0 Å². The molecule has 0 radical (unpaired) electrons. The van der Waals surface area contributed by atoms with Crippen LogP contribution in [0.25, 0.3) is 21.9 Å². The molecule has 1 atom stereocenters. The Hall–Kier alpha value is -4.19. The van der Waals surface area contributed by atoms with Crippen molar-refractivity contribution in [1.29, 1.82) is 0 Å². The normalized spacial score (nSPS) is 11.8. The zero-order chi connectivity index (χ0) is 25.1. The lowest BCUT2D eigenvalue weighted by Gasteiger charge is -2.20. The summed E-state index contributed by atoms with van der Waals surface area (Å²) < 4.78 is 7.03. The van der Waals surface area contributed by atoms with Crippen molar-refractivity contribution in [2.45, 2.75) is 33.3 Å². The molecule has 1 N–H and O–H groups in total. The summed E-state index contributed by atoms with van der Waals surface area (Å²) in [7, 11) is 1.55. The van der Waals surface area contributed by atoms with Crippen LogP contribution in [0.4, 0.5) is 5.69 Å². The number of pyridine rings is 1. The third-order valence-electron chi connectivity index (χ3n) is 6.12. The van der Waals surface area contributed by atoms with Crippen LogP contribution < -0.4 is 10.9 Å². The molecule has 4 rings (SSSR count). The third-order valence-corrected chi connectivity index (χ3v) is 6.12. The fourth-order valence-corrected chi connectivity index (χ4v) is 4.19. The minimum Gasteiger partial charge on any atom is -0.448 e. The Morgan fingerprint density at radius 1 is 0.943 bits per heavy atom. The first-order chi connectivity index (χ1) is 16.8. The summed E-state index contributed by atoms with van der Waals surface area (Å²) in [6.07, 6.45) is -0.738. The van der Waals surface area contributed by atoms with E-state index >= 15 is 0 Å². The number of hydrogen-bond donors (Lipinski definition) is 1. The lowest BCUT2D eigenvalue weighted by molar-refractivity contribution is -0.124. The fourth-order valence-electron chi connectivity index (χ4n) is 4.19. The number of carbonyl (C=O) groups is 2. The molecule has 1 unspecified atom stereocenters. The van der Waals surface area contributed by atoms with Crippen molar-refractivity contribution in [2.24, 2.45) is 7.05 Å². The smallest absolute Gasteiger partial charge is 0.356 e. The second kappa shape index (κ2) is 9.97. The number of anilines is 1. The Morgan fingerprint density at radius 3 is 2.29 bits per heavy atom. The zero-order valence-electron chi connectivity index (χ0n) is 20.3. The standard InChI is InChI=1S/C29H28N2O4/c1-5-24(27(32)30-23-17-18(2)15-16-19(23)3)35-29(34)26-25(20-11-7-6-8-12-20)21-13-9-10-14-22(21)28(33)31(26)4/h6-17,24H,5H2,1-4H3,(H,30,32). The fraction of sp³-hybridized carbons (Fsp3) is 0.207. The highest BCUT2D eigenvalue weighted by Crippen LogP contribution is 2.31. The van der Waals surface area contributed by atoms with Crippen LogP contribution in [0, 0.1) is 13.8 Å². The highest BCUT2D eigenvalue weighted by atomic mass is 16.5. The SMILES string of the molecule is CCC(OC(=O)c1c(-c2ccccc2)c2ccccc2c(=O)n1C)C(=O)Nc1cc(C)ccc1C. The van der Waals surface area contributed by atoms with E-state index < -0.39 is 18.0 Å². The van der Waals surface area contributed by atoms with Gasteiger partial charge in [0, 0.05) is 23.7 Å². The molecule has 0 aliphatic rings. The Labute approximate surface area is 204 Å². The Kier molecular flexibility index (Phi) is 6.82. The van der Waals surface area contributed by atoms with Gasteiger partial charge in [-0.3, -0.25) is 9.59 Å². The number of rotatable bonds is 6. The first kappa shape index (κ1) is 24.0. The van der Waals surface area contributed by atoms with Gasteiger partial charge in [0.15, 0.2) is 6.10 Å². The molecule has 0 fully saturated rings. The van der Waals surface area contributed by atoms with Gasteiger partial charge in [-0.15, -0.1) is 0 Å². The van der Waals surface area contributed by atoms with E-state index in [1.54, 1.807) is 26.1 Å². The van der Waals surface area contributed by atoms with Crippen molar-refractivity contribution in [2.75, 3.05) is 5.32 Å². The average Bonchev–Trinajstić information content (AvgIpc) is 2.87. The second-order valence-corrected chi connectivity index (χ2v) is 8.61. The minimum absolute atomic E-state index is 0.109. The molecule has 178 valence electrons. The highest BCUT2D eigenvalue weighted by Gasteiger charge is 2.28. The molecular formula is C29H28N2O4. The van der Waals surface area contributed by atoms with E-state index in [0.717, 1.165) is 16.7 Å². The molecule has 1 aromatic heterocycles. The molecule has 0 saturated heterocycles. The maximum atomic E-state index is 13.5. The largest absolute Gasteiger partial charge is 0.448 e. The van der Waals surface area contributed by atoms with Crippen LogP contribution >= 0.6 is 0 Å².